The Labute approximate surface area is 126 Å². The molecule has 1 saturated carbocycles. The Morgan fingerprint density at radius 3 is 2.67 bits per heavy atom. The number of carbonyl (C=O) groups excluding carboxylic acids is 1. The van der Waals surface area contributed by atoms with Gasteiger partial charge < -0.3 is 20.1 Å². The van der Waals surface area contributed by atoms with Gasteiger partial charge in [-0.15, -0.1) is 0 Å². The van der Waals surface area contributed by atoms with Gasteiger partial charge in [0.25, 0.3) is 0 Å². The Kier molecular flexibility index (Phi) is 5.72. The maximum atomic E-state index is 11.8. The van der Waals surface area contributed by atoms with Crippen molar-refractivity contribution >= 4 is 6.03 Å². The summed E-state index contributed by atoms with van der Waals surface area (Å²) in [5, 5.41) is 5.91. The van der Waals surface area contributed by atoms with E-state index in [0.717, 1.165) is 29.9 Å². The topological polar surface area (TPSA) is 59.6 Å². The van der Waals surface area contributed by atoms with Crippen LogP contribution < -0.4 is 20.1 Å². The van der Waals surface area contributed by atoms with Gasteiger partial charge in [-0.2, -0.15) is 0 Å². The number of nitrogens with one attached hydrogen (secondary N) is 2. The Balaban J connectivity index is 1.80. The van der Waals surface area contributed by atoms with Crippen LogP contribution in [0.25, 0.3) is 0 Å². The summed E-state index contributed by atoms with van der Waals surface area (Å²) in [6, 6.07) is 5.95. The molecular weight excluding hydrogens is 268 g/mol. The minimum absolute atomic E-state index is 0.0798. The highest BCUT2D eigenvalue weighted by molar-refractivity contribution is 5.74. The molecule has 0 atom stereocenters. The molecule has 0 radical (unpaired) electrons. The summed E-state index contributed by atoms with van der Waals surface area (Å²) in [4.78, 5) is 11.8. The first-order valence-electron chi connectivity index (χ1n) is 7.48. The molecule has 0 aromatic heterocycles. The fraction of sp³-hybridized carbons (Fsp3) is 0.562. The fourth-order valence-corrected chi connectivity index (χ4v) is 2.69. The molecule has 0 heterocycles. The summed E-state index contributed by atoms with van der Waals surface area (Å²) in [6.45, 7) is 0.572. The van der Waals surface area contributed by atoms with Crippen molar-refractivity contribution < 1.29 is 14.3 Å². The number of amides is 2. The Morgan fingerprint density at radius 1 is 1.24 bits per heavy atom. The van der Waals surface area contributed by atoms with E-state index in [1.165, 1.54) is 12.8 Å². The molecule has 2 N–H and O–H groups in total. The molecule has 116 valence electrons. The fourth-order valence-electron chi connectivity index (χ4n) is 2.69. The summed E-state index contributed by atoms with van der Waals surface area (Å²) in [5.41, 5.74) is 1.03. The van der Waals surface area contributed by atoms with Crippen LogP contribution in [0.15, 0.2) is 18.2 Å². The van der Waals surface area contributed by atoms with Crippen LogP contribution in [0.2, 0.25) is 0 Å². The second-order valence-corrected chi connectivity index (χ2v) is 5.31. The molecule has 2 amide bonds. The van der Waals surface area contributed by atoms with Gasteiger partial charge in [0.2, 0.25) is 0 Å². The summed E-state index contributed by atoms with van der Waals surface area (Å²) in [6.07, 6.45) is 5.32. The van der Waals surface area contributed by atoms with E-state index in [2.05, 4.69) is 10.6 Å². The van der Waals surface area contributed by atoms with Crippen molar-refractivity contribution in [1.29, 1.82) is 0 Å². The third-order valence-corrected chi connectivity index (χ3v) is 3.86. The lowest BCUT2D eigenvalue weighted by Gasteiger charge is -2.14. The number of carbonyl (C=O) groups is 1. The molecule has 0 unspecified atom stereocenters. The lowest BCUT2D eigenvalue weighted by Crippen LogP contribution is -2.41. The molecule has 1 aliphatic carbocycles. The van der Waals surface area contributed by atoms with E-state index in [9.17, 15) is 4.79 Å². The number of urea groups is 1. The molecule has 0 saturated heterocycles. The molecule has 5 nitrogen and oxygen atoms in total. The number of hydrogen-bond donors (Lipinski definition) is 2. The van der Waals surface area contributed by atoms with Gasteiger partial charge in [0, 0.05) is 12.6 Å². The number of rotatable bonds is 6. The number of methoxy groups -OCH3 is 2. The summed E-state index contributed by atoms with van der Waals surface area (Å²) < 4.78 is 10.5. The predicted octanol–water partition coefficient (Wildman–Crippen LogP) is 2.49. The van der Waals surface area contributed by atoms with E-state index < -0.39 is 0 Å². The van der Waals surface area contributed by atoms with E-state index in [-0.39, 0.29) is 6.03 Å². The van der Waals surface area contributed by atoms with E-state index in [0.29, 0.717) is 19.0 Å². The molecule has 1 aliphatic rings. The van der Waals surface area contributed by atoms with Crippen LogP contribution in [-0.4, -0.2) is 32.8 Å². The standard InChI is InChI=1S/C16H24N2O3/c1-20-14-7-8-15(21-2)12(11-14)9-10-17-16(19)18-13-5-3-4-6-13/h7-8,11,13H,3-6,9-10H2,1-2H3,(H2,17,18,19). The minimum atomic E-state index is -0.0798. The number of hydrogen-bond acceptors (Lipinski definition) is 3. The van der Waals surface area contributed by atoms with Crippen molar-refractivity contribution in [2.24, 2.45) is 0 Å². The monoisotopic (exact) mass is 292 g/mol. The predicted molar refractivity (Wildman–Crippen MR) is 82.0 cm³/mol. The maximum absolute atomic E-state index is 11.8. The van der Waals surface area contributed by atoms with Crippen molar-refractivity contribution in [3.8, 4) is 11.5 Å². The van der Waals surface area contributed by atoms with Crippen LogP contribution in [0.4, 0.5) is 4.79 Å². The van der Waals surface area contributed by atoms with Crippen LogP contribution in [0, 0.1) is 0 Å². The second-order valence-electron chi connectivity index (χ2n) is 5.31. The van der Waals surface area contributed by atoms with Crippen molar-refractivity contribution in [2.45, 2.75) is 38.1 Å². The Bertz CT molecular complexity index is 471. The van der Waals surface area contributed by atoms with E-state index >= 15 is 0 Å². The van der Waals surface area contributed by atoms with Crippen molar-refractivity contribution in [1.82, 2.24) is 10.6 Å². The molecule has 1 fully saturated rings. The van der Waals surface area contributed by atoms with Crippen LogP contribution >= 0.6 is 0 Å². The lowest BCUT2D eigenvalue weighted by atomic mass is 10.1. The lowest BCUT2D eigenvalue weighted by molar-refractivity contribution is 0.237. The highest BCUT2D eigenvalue weighted by atomic mass is 16.5. The Morgan fingerprint density at radius 2 is 2.00 bits per heavy atom. The smallest absolute Gasteiger partial charge is 0.315 e. The van der Waals surface area contributed by atoms with Gasteiger partial charge in [0.1, 0.15) is 11.5 Å². The van der Waals surface area contributed by atoms with E-state index in [4.69, 9.17) is 9.47 Å². The molecular formula is C16H24N2O3. The normalized spacial score (nSPS) is 14.8. The van der Waals surface area contributed by atoms with Crippen molar-refractivity contribution in [3.63, 3.8) is 0 Å². The summed E-state index contributed by atoms with van der Waals surface area (Å²) in [7, 11) is 3.28. The van der Waals surface area contributed by atoms with E-state index in [1.54, 1.807) is 14.2 Å². The highest BCUT2D eigenvalue weighted by Gasteiger charge is 2.16. The van der Waals surface area contributed by atoms with Gasteiger partial charge in [-0.1, -0.05) is 12.8 Å². The van der Waals surface area contributed by atoms with Crippen molar-refractivity contribution in [3.05, 3.63) is 23.8 Å². The third kappa shape index (κ3) is 4.55. The molecule has 2 rings (SSSR count). The van der Waals surface area contributed by atoms with Gasteiger partial charge in [-0.25, -0.2) is 4.79 Å². The zero-order valence-electron chi connectivity index (χ0n) is 12.8. The van der Waals surface area contributed by atoms with Gasteiger partial charge in [-0.3, -0.25) is 0 Å². The quantitative estimate of drug-likeness (QED) is 0.847. The van der Waals surface area contributed by atoms with Crippen LogP contribution in [0.5, 0.6) is 11.5 Å². The van der Waals surface area contributed by atoms with Crippen molar-refractivity contribution in [2.75, 3.05) is 20.8 Å². The second kappa shape index (κ2) is 7.76. The van der Waals surface area contributed by atoms with Gasteiger partial charge in [0.05, 0.1) is 14.2 Å². The molecule has 0 aliphatic heterocycles. The molecule has 0 spiro atoms. The first-order valence-corrected chi connectivity index (χ1v) is 7.48. The molecule has 1 aromatic carbocycles. The number of benzene rings is 1. The molecule has 1 aromatic rings. The van der Waals surface area contributed by atoms with Crippen LogP contribution in [0.1, 0.15) is 31.2 Å². The molecule has 5 heteroatoms. The largest absolute Gasteiger partial charge is 0.497 e. The Hall–Kier alpha value is -1.91. The maximum Gasteiger partial charge on any atom is 0.315 e. The first-order chi connectivity index (χ1) is 10.2. The molecule has 21 heavy (non-hydrogen) atoms. The minimum Gasteiger partial charge on any atom is -0.497 e. The summed E-state index contributed by atoms with van der Waals surface area (Å²) >= 11 is 0. The average Bonchev–Trinajstić information content (AvgIpc) is 3.00. The third-order valence-electron chi connectivity index (χ3n) is 3.86. The zero-order chi connectivity index (χ0) is 15.1. The van der Waals surface area contributed by atoms with Crippen LogP contribution in [0.3, 0.4) is 0 Å². The number of ether oxygens (including phenoxy) is 2. The average molecular weight is 292 g/mol. The summed E-state index contributed by atoms with van der Waals surface area (Å²) in [5.74, 6) is 1.61. The van der Waals surface area contributed by atoms with E-state index in [1.807, 2.05) is 18.2 Å². The zero-order valence-corrected chi connectivity index (χ0v) is 12.8. The first kappa shape index (κ1) is 15.5. The van der Waals surface area contributed by atoms with Gasteiger partial charge >= 0.3 is 6.03 Å². The van der Waals surface area contributed by atoms with Crippen LogP contribution in [-0.2, 0) is 6.42 Å². The SMILES string of the molecule is COc1ccc(OC)c(CCNC(=O)NC2CCCC2)c1. The van der Waals surface area contributed by atoms with Gasteiger partial charge in [-0.05, 0) is 43.0 Å². The highest BCUT2D eigenvalue weighted by Crippen LogP contribution is 2.24. The van der Waals surface area contributed by atoms with Gasteiger partial charge in [0.15, 0.2) is 0 Å². The molecule has 0 bridgehead atoms.